The van der Waals surface area contributed by atoms with Gasteiger partial charge in [-0.15, -0.1) is 0 Å². The van der Waals surface area contributed by atoms with E-state index in [2.05, 4.69) is 5.32 Å². The number of carbonyl (C=O) groups excluding carboxylic acids is 2. The van der Waals surface area contributed by atoms with Crippen LogP contribution >= 0.6 is 0 Å². The van der Waals surface area contributed by atoms with Gasteiger partial charge in [0, 0.05) is 12.6 Å². The normalized spacial score (nSPS) is 13.4. The van der Waals surface area contributed by atoms with Crippen molar-refractivity contribution in [2.45, 2.75) is 19.6 Å². The molecule has 1 unspecified atom stereocenters. The first kappa shape index (κ1) is 18.4. The van der Waals surface area contributed by atoms with Crippen LogP contribution in [-0.4, -0.2) is 24.8 Å². The van der Waals surface area contributed by atoms with Crippen molar-refractivity contribution in [2.75, 3.05) is 6.79 Å². The summed E-state index contributed by atoms with van der Waals surface area (Å²) in [5.74, 6) is -0.142. The average Bonchev–Trinajstić information content (AvgIpc) is 3.13. The lowest BCUT2D eigenvalue weighted by Crippen LogP contribution is -2.35. The monoisotopic (exact) mass is 371 g/mol. The van der Waals surface area contributed by atoms with Crippen LogP contribution in [0.4, 0.5) is 4.39 Å². The Bertz CT molecular complexity index is 863. The van der Waals surface area contributed by atoms with Crippen LogP contribution in [0.25, 0.3) is 6.08 Å². The van der Waals surface area contributed by atoms with Gasteiger partial charge in [-0.05, 0) is 48.4 Å². The van der Waals surface area contributed by atoms with E-state index in [0.717, 1.165) is 5.56 Å². The Morgan fingerprint density at radius 3 is 2.70 bits per heavy atom. The zero-order valence-electron chi connectivity index (χ0n) is 14.6. The predicted octanol–water partition coefficient (Wildman–Crippen LogP) is 2.82. The van der Waals surface area contributed by atoms with Gasteiger partial charge in [-0.2, -0.15) is 0 Å². The van der Waals surface area contributed by atoms with Crippen LogP contribution in [0.1, 0.15) is 18.1 Å². The number of halogens is 1. The first-order valence-corrected chi connectivity index (χ1v) is 8.32. The highest BCUT2D eigenvalue weighted by Gasteiger charge is 2.17. The molecule has 1 amide bonds. The number of fused-ring (bicyclic) bond motifs is 1. The number of rotatable bonds is 6. The minimum Gasteiger partial charge on any atom is -0.454 e. The fourth-order valence-electron chi connectivity index (χ4n) is 2.39. The second kappa shape index (κ2) is 8.35. The number of esters is 1. The van der Waals surface area contributed by atoms with Crippen molar-refractivity contribution in [2.24, 2.45) is 0 Å². The maximum atomic E-state index is 12.8. The molecule has 0 bridgehead atoms. The molecule has 1 heterocycles. The Hall–Kier alpha value is -3.35. The highest BCUT2D eigenvalue weighted by Crippen LogP contribution is 2.32. The van der Waals surface area contributed by atoms with Gasteiger partial charge in [-0.1, -0.05) is 18.2 Å². The minimum atomic E-state index is -0.954. The number of amides is 1. The van der Waals surface area contributed by atoms with Gasteiger partial charge in [0.1, 0.15) is 5.82 Å². The molecule has 0 saturated heterocycles. The number of carbonyl (C=O) groups is 2. The smallest absolute Gasteiger partial charge is 0.331 e. The Morgan fingerprint density at radius 1 is 1.19 bits per heavy atom. The summed E-state index contributed by atoms with van der Waals surface area (Å²) in [6, 6.07) is 11.0. The first-order valence-electron chi connectivity index (χ1n) is 8.32. The van der Waals surface area contributed by atoms with Crippen molar-refractivity contribution in [1.29, 1.82) is 0 Å². The molecular weight excluding hydrogens is 353 g/mol. The minimum absolute atomic E-state index is 0.184. The molecule has 1 aliphatic rings. The van der Waals surface area contributed by atoms with Gasteiger partial charge in [0.25, 0.3) is 5.91 Å². The summed E-state index contributed by atoms with van der Waals surface area (Å²) in [5, 5.41) is 2.70. The Balaban J connectivity index is 1.47. The molecular formula is C20H18FNO5. The van der Waals surface area contributed by atoms with Gasteiger partial charge < -0.3 is 19.5 Å². The molecule has 3 rings (SSSR count). The number of benzene rings is 2. The quantitative estimate of drug-likeness (QED) is 0.624. The molecule has 7 heteroatoms. The van der Waals surface area contributed by atoms with E-state index in [9.17, 15) is 14.0 Å². The summed E-state index contributed by atoms with van der Waals surface area (Å²) in [4.78, 5) is 23.9. The summed E-state index contributed by atoms with van der Waals surface area (Å²) < 4.78 is 28.4. The maximum Gasteiger partial charge on any atom is 0.331 e. The fourth-order valence-corrected chi connectivity index (χ4v) is 2.39. The van der Waals surface area contributed by atoms with Crippen molar-refractivity contribution in [1.82, 2.24) is 5.32 Å². The van der Waals surface area contributed by atoms with Gasteiger partial charge in [0.05, 0.1) is 0 Å². The van der Waals surface area contributed by atoms with Crippen LogP contribution in [0.3, 0.4) is 0 Å². The second-order valence-electron chi connectivity index (χ2n) is 5.87. The van der Waals surface area contributed by atoms with Crippen LogP contribution < -0.4 is 14.8 Å². The van der Waals surface area contributed by atoms with Crippen LogP contribution in [-0.2, 0) is 20.9 Å². The standard InChI is InChI=1S/C20H18FNO5/c1-13(27-19(23)9-5-14-2-6-16(21)7-3-14)20(24)22-11-15-4-8-17-18(10-15)26-12-25-17/h2-10,13H,11-12H2,1H3,(H,22,24)/b9-5+. The summed E-state index contributed by atoms with van der Waals surface area (Å²) in [6.07, 6.45) is 1.72. The van der Waals surface area contributed by atoms with E-state index in [4.69, 9.17) is 14.2 Å². The molecule has 1 aliphatic heterocycles. The Labute approximate surface area is 155 Å². The van der Waals surface area contributed by atoms with Gasteiger partial charge >= 0.3 is 5.97 Å². The molecule has 1 N–H and O–H groups in total. The molecule has 0 aliphatic carbocycles. The molecule has 0 fully saturated rings. The van der Waals surface area contributed by atoms with Crippen molar-refractivity contribution in [3.05, 3.63) is 65.5 Å². The van der Waals surface area contributed by atoms with Crippen molar-refractivity contribution in [3.63, 3.8) is 0 Å². The third kappa shape index (κ3) is 5.07. The highest BCUT2D eigenvalue weighted by atomic mass is 19.1. The zero-order valence-corrected chi connectivity index (χ0v) is 14.6. The number of nitrogens with one attached hydrogen (secondary N) is 1. The third-order valence-electron chi connectivity index (χ3n) is 3.85. The lowest BCUT2D eigenvalue weighted by molar-refractivity contribution is -0.150. The largest absolute Gasteiger partial charge is 0.454 e. The highest BCUT2D eigenvalue weighted by molar-refractivity contribution is 5.90. The van der Waals surface area contributed by atoms with E-state index >= 15 is 0 Å². The first-order chi connectivity index (χ1) is 13.0. The van der Waals surface area contributed by atoms with E-state index in [-0.39, 0.29) is 19.2 Å². The lowest BCUT2D eigenvalue weighted by Gasteiger charge is -2.12. The Kier molecular flexibility index (Phi) is 5.71. The molecule has 2 aromatic carbocycles. The van der Waals surface area contributed by atoms with Crippen LogP contribution in [0, 0.1) is 5.82 Å². The summed E-state index contributed by atoms with van der Waals surface area (Å²) in [5.41, 5.74) is 1.48. The van der Waals surface area contributed by atoms with Gasteiger partial charge in [-0.3, -0.25) is 4.79 Å². The lowest BCUT2D eigenvalue weighted by atomic mass is 10.2. The van der Waals surface area contributed by atoms with Gasteiger partial charge in [0.2, 0.25) is 6.79 Å². The summed E-state index contributed by atoms with van der Waals surface area (Å²) >= 11 is 0. The molecule has 140 valence electrons. The molecule has 0 spiro atoms. The molecule has 0 saturated carbocycles. The van der Waals surface area contributed by atoms with E-state index in [1.807, 2.05) is 6.07 Å². The van der Waals surface area contributed by atoms with Gasteiger partial charge in [-0.25, -0.2) is 9.18 Å². The SMILES string of the molecule is CC(OC(=O)/C=C/c1ccc(F)cc1)C(=O)NCc1ccc2c(c1)OCO2. The van der Waals surface area contributed by atoms with Crippen molar-refractivity contribution < 1.29 is 28.2 Å². The molecule has 1 atom stereocenters. The molecule has 27 heavy (non-hydrogen) atoms. The average molecular weight is 371 g/mol. The predicted molar refractivity (Wildman–Crippen MR) is 95.4 cm³/mol. The van der Waals surface area contributed by atoms with E-state index in [1.165, 1.54) is 43.3 Å². The number of hydrogen-bond donors (Lipinski definition) is 1. The van der Waals surface area contributed by atoms with Crippen molar-refractivity contribution in [3.8, 4) is 11.5 Å². The third-order valence-corrected chi connectivity index (χ3v) is 3.85. The molecule has 0 aromatic heterocycles. The summed E-state index contributed by atoms with van der Waals surface area (Å²) in [6.45, 7) is 1.94. The van der Waals surface area contributed by atoms with Crippen LogP contribution in [0.5, 0.6) is 11.5 Å². The number of ether oxygens (including phenoxy) is 3. The molecule has 2 aromatic rings. The molecule has 0 radical (unpaired) electrons. The van der Waals surface area contributed by atoms with E-state index in [0.29, 0.717) is 17.1 Å². The fraction of sp³-hybridized carbons (Fsp3) is 0.200. The van der Waals surface area contributed by atoms with Crippen LogP contribution in [0.2, 0.25) is 0 Å². The maximum absolute atomic E-state index is 12.8. The number of hydrogen-bond acceptors (Lipinski definition) is 5. The second-order valence-corrected chi connectivity index (χ2v) is 5.87. The summed E-state index contributed by atoms with van der Waals surface area (Å²) in [7, 11) is 0. The molecule has 6 nitrogen and oxygen atoms in total. The van der Waals surface area contributed by atoms with Crippen molar-refractivity contribution >= 4 is 18.0 Å². The topological polar surface area (TPSA) is 73.9 Å². The van der Waals surface area contributed by atoms with E-state index < -0.39 is 18.0 Å². The zero-order chi connectivity index (χ0) is 19.2. The van der Waals surface area contributed by atoms with Gasteiger partial charge in [0.15, 0.2) is 17.6 Å². The van der Waals surface area contributed by atoms with E-state index in [1.54, 1.807) is 12.1 Å². The Morgan fingerprint density at radius 2 is 1.93 bits per heavy atom. The van der Waals surface area contributed by atoms with Crippen LogP contribution in [0.15, 0.2) is 48.5 Å².